The predicted octanol–water partition coefficient (Wildman–Crippen LogP) is 1.76. The minimum Gasteiger partial charge on any atom is -0.331 e. The van der Waals surface area contributed by atoms with E-state index < -0.39 is 0 Å². The molecule has 1 aromatic heterocycles. The third-order valence-corrected chi connectivity index (χ3v) is 3.12. The first-order valence-electron chi connectivity index (χ1n) is 5.71. The van der Waals surface area contributed by atoms with Crippen LogP contribution < -0.4 is 5.73 Å². The van der Waals surface area contributed by atoms with E-state index in [1.807, 2.05) is 0 Å². The summed E-state index contributed by atoms with van der Waals surface area (Å²) in [5, 5.41) is 0. The third-order valence-electron chi connectivity index (χ3n) is 3.12. The van der Waals surface area contributed by atoms with E-state index >= 15 is 0 Å². The van der Waals surface area contributed by atoms with Gasteiger partial charge in [0.15, 0.2) is 0 Å². The number of fused-ring (bicyclic) bond motifs is 1. The Balaban J connectivity index is 2.48. The molecular formula is C12H21N3. The summed E-state index contributed by atoms with van der Waals surface area (Å²) < 4.78 is 2.37. The van der Waals surface area contributed by atoms with Gasteiger partial charge in [-0.05, 0) is 13.3 Å². The van der Waals surface area contributed by atoms with Crippen LogP contribution in [-0.2, 0) is 18.4 Å². The summed E-state index contributed by atoms with van der Waals surface area (Å²) >= 11 is 0. The fourth-order valence-corrected chi connectivity index (χ4v) is 2.32. The van der Waals surface area contributed by atoms with Crippen LogP contribution in [0.15, 0.2) is 0 Å². The monoisotopic (exact) mass is 207 g/mol. The largest absolute Gasteiger partial charge is 0.331 e. The molecule has 0 spiro atoms. The van der Waals surface area contributed by atoms with Crippen molar-refractivity contribution in [3.63, 3.8) is 0 Å². The van der Waals surface area contributed by atoms with E-state index in [2.05, 4.69) is 32.3 Å². The lowest BCUT2D eigenvalue weighted by molar-refractivity contribution is 0.424. The highest BCUT2D eigenvalue weighted by atomic mass is 15.1. The SMILES string of the molecule is Cc1nc(C(C)(C)C)n2c1CC(N)CC2. The van der Waals surface area contributed by atoms with Crippen molar-refractivity contribution in [3.05, 3.63) is 17.2 Å². The summed E-state index contributed by atoms with van der Waals surface area (Å²) in [7, 11) is 0. The Morgan fingerprint density at radius 2 is 2.07 bits per heavy atom. The molecule has 1 aromatic rings. The van der Waals surface area contributed by atoms with E-state index in [-0.39, 0.29) is 5.41 Å². The molecule has 2 heterocycles. The lowest BCUT2D eigenvalue weighted by atomic mass is 9.95. The molecule has 2 N–H and O–H groups in total. The Kier molecular flexibility index (Phi) is 2.38. The van der Waals surface area contributed by atoms with Gasteiger partial charge in [-0.2, -0.15) is 0 Å². The zero-order valence-corrected chi connectivity index (χ0v) is 10.2. The van der Waals surface area contributed by atoms with Crippen molar-refractivity contribution in [2.24, 2.45) is 5.73 Å². The van der Waals surface area contributed by atoms with E-state index in [1.165, 1.54) is 11.5 Å². The maximum absolute atomic E-state index is 6.00. The molecule has 3 heteroatoms. The molecule has 0 aromatic carbocycles. The molecule has 2 rings (SSSR count). The molecular weight excluding hydrogens is 186 g/mol. The first-order chi connectivity index (χ1) is 6.89. The average molecular weight is 207 g/mol. The summed E-state index contributed by atoms with van der Waals surface area (Å²) in [6.07, 6.45) is 2.06. The van der Waals surface area contributed by atoms with Crippen molar-refractivity contribution in [2.75, 3.05) is 0 Å². The number of hydrogen-bond donors (Lipinski definition) is 1. The number of aryl methyl sites for hydroxylation is 1. The van der Waals surface area contributed by atoms with Crippen LogP contribution in [0, 0.1) is 6.92 Å². The number of rotatable bonds is 0. The van der Waals surface area contributed by atoms with Gasteiger partial charge in [0.2, 0.25) is 0 Å². The second kappa shape index (κ2) is 3.34. The third kappa shape index (κ3) is 1.81. The van der Waals surface area contributed by atoms with Crippen LogP contribution >= 0.6 is 0 Å². The van der Waals surface area contributed by atoms with Gasteiger partial charge in [-0.15, -0.1) is 0 Å². The molecule has 0 fully saturated rings. The summed E-state index contributed by atoms with van der Waals surface area (Å²) in [5.41, 5.74) is 8.63. The molecule has 1 aliphatic heterocycles. The van der Waals surface area contributed by atoms with Gasteiger partial charge in [-0.25, -0.2) is 4.98 Å². The average Bonchev–Trinajstić information content (AvgIpc) is 2.43. The van der Waals surface area contributed by atoms with Crippen LogP contribution in [0.1, 0.15) is 44.4 Å². The minimum atomic E-state index is 0.129. The molecule has 0 amide bonds. The second-order valence-electron chi connectivity index (χ2n) is 5.62. The summed E-state index contributed by atoms with van der Waals surface area (Å²) in [4.78, 5) is 4.71. The number of imidazole rings is 1. The molecule has 0 saturated heterocycles. The van der Waals surface area contributed by atoms with Gasteiger partial charge in [0.05, 0.1) is 5.69 Å². The molecule has 1 aliphatic rings. The smallest absolute Gasteiger partial charge is 0.114 e. The van der Waals surface area contributed by atoms with Gasteiger partial charge >= 0.3 is 0 Å². The first-order valence-corrected chi connectivity index (χ1v) is 5.71. The molecule has 0 saturated carbocycles. The zero-order chi connectivity index (χ0) is 11.2. The summed E-state index contributed by atoms with van der Waals surface area (Å²) in [5.74, 6) is 1.21. The van der Waals surface area contributed by atoms with E-state index in [1.54, 1.807) is 0 Å². The van der Waals surface area contributed by atoms with Crippen LogP contribution in [0.2, 0.25) is 0 Å². The molecule has 3 nitrogen and oxygen atoms in total. The number of nitrogens with zero attached hydrogens (tertiary/aromatic N) is 2. The molecule has 15 heavy (non-hydrogen) atoms. The Morgan fingerprint density at radius 1 is 1.40 bits per heavy atom. The van der Waals surface area contributed by atoms with Gasteiger partial charge in [0.25, 0.3) is 0 Å². The fraction of sp³-hybridized carbons (Fsp3) is 0.750. The van der Waals surface area contributed by atoms with Gasteiger partial charge < -0.3 is 10.3 Å². The molecule has 0 radical (unpaired) electrons. The van der Waals surface area contributed by atoms with E-state index in [0.717, 1.165) is 25.1 Å². The quantitative estimate of drug-likeness (QED) is 0.704. The first kappa shape index (κ1) is 10.7. The predicted molar refractivity (Wildman–Crippen MR) is 62.0 cm³/mol. The molecule has 1 atom stereocenters. The number of aromatic nitrogens is 2. The lowest BCUT2D eigenvalue weighted by Gasteiger charge is -2.26. The van der Waals surface area contributed by atoms with Crippen molar-refractivity contribution in [3.8, 4) is 0 Å². The van der Waals surface area contributed by atoms with Crippen molar-refractivity contribution < 1.29 is 0 Å². The Hall–Kier alpha value is -0.830. The van der Waals surface area contributed by atoms with Crippen LogP contribution in [0.25, 0.3) is 0 Å². The lowest BCUT2D eigenvalue weighted by Crippen LogP contribution is -2.32. The normalized spacial score (nSPS) is 21.5. The van der Waals surface area contributed by atoms with E-state index in [4.69, 9.17) is 10.7 Å². The van der Waals surface area contributed by atoms with Gasteiger partial charge in [0, 0.05) is 30.1 Å². The van der Waals surface area contributed by atoms with Crippen molar-refractivity contribution in [1.29, 1.82) is 0 Å². The molecule has 0 aliphatic carbocycles. The summed E-state index contributed by atoms with van der Waals surface area (Å²) in [6.45, 7) is 9.78. The highest BCUT2D eigenvalue weighted by molar-refractivity contribution is 5.22. The van der Waals surface area contributed by atoms with Crippen LogP contribution in [-0.4, -0.2) is 15.6 Å². The Labute approximate surface area is 91.7 Å². The van der Waals surface area contributed by atoms with Crippen molar-refractivity contribution >= 4 is 0 Å². The standard InChI is InChI=1S/C12H21N3/c1-8-10-7-9(13)5-6-15(10)11(14-8)12(2,3)4/h9H,5-7,13H2,1-4H3. The fourth-order valence-electron chi connectivity index (χ4n) is 2.32. The van der Waals surface area contributed by atoms with Crippen molar-refractivity contribution in [1.82, 2.24) is 9.55 Å². The van der Waals surface area contributed by atoms with Crippen LogP contribution in [0.4, 0.5) is 0 Å². The maximum Gasteiger partial charge on any atom is 0.114 e. The Bertz CT molecular complexity index is 371. The number of hydrogen-bond acceptors (Lipinski definition) is 2. The van der Waals surface area contributed by atoms with Gasteiger partial charge in [0.1, 0.15) is 5.82 Å². The van der Waals surface area contributed by atoms with E-state index in [9.17, 15) is 0 Å². The molecule has 84 valence electrons. The van der Waals surface area contributed by atoms with Crippen LogP contribution in [0.5, 0.6) is 0 Å². The van der Waals surface area contributed by atoms with Gasteiger partial charge in [-0.1, -0.05) is 20.8 Å². The number of nitrogens with two attached hydrogens (primary N) is 1. The van der Waals surface area contributed by atoms with E-state index in [0.29, 0.717) is 6.04 Å². The van der Waals surface area contributed by atoms with Gasteiger partial charge in [-0.3, -0.25) is 0 Å². The minimum absolute atomic E-state index is 0.129. The zero-order valence-electron chi connectivity index (χ0n) is 10.2. The molecule has 1 unspecified atom stereocenters. The summed E-state index contributed by atoms with van der Waals surface area (Å²) in [6, 6.07) is 0.320. The highest BCUT2D eigenvalue weighted by Gasteiger charge is 2.27. The Morgan fingerprint density at radius 3 is 2.67 bits per heavy atom. The van der Waals surface area contributed by atoms with Crippen LogP contribution in [0.3, 0.4) is 0 Å². The highest BCUT2D eigenvalue weighted by Crippen LogP contribution is 2.27. The van der Waals surface area contributed by atoms with Crippen molar-refractivity contribution in [2.45, 2.75) is 58.5 Å². The topological polar surface area (TPSA) is 43.8 Å². The maximum atomic E-state index is 6.00. The second-order valence-corrected chi connectivity index (χ2v) is 5.62. The molecule has 0 bridgehead atoms.